The highest BCUT2D eigenvalue weighted by molar-refractivity contribution is 5.82. The first-order valence-electron chi connectivity index (χ1n) is 7.28. The van der Waals surface area contributed by atoms with Crippen LogP contribution < -0.4 is 0 Å². The number of rotatable bonds is 5. The first-order valence-corrected chi connectivity index (χ1v) is 7.28. The molecule has 1 unspecified atom stereocenters. The van der Waals surface area contributed by atoms with Crippen LogP contribution in [0.15, 0.2) is 24.3 Å². The number of halogens is 1. The zero-order valence-corrected chi connectivity index (χ0v) is 12.3. The van der Waals surface area contributed by atoms with E-state index in [-0.39, 0.29) is 18.0 Å². The highest BCUT2D eigenvalue weighted by Crippen LogP contribution is 2.12. The third-order valence-electron chi connectivity index (χ3n) is 4.08. The fourth-order valence-electron chi connectivity index (χ4n) is 2.75. The van der Waals surface area contributed by atoms with Crippen molar-refractivity contribution in [3.05, 3.63) is 35.6 Å². The zero-order valence-electron chi connectivity index (χ0n) is 12.3. The maximum Gasteiger partial charge on any atom is 0.151 e. The Morgan fingerprint density at radius 3 is 2.80 bits per heavy atom. The van der Waals surface area contributed by atoms with Gasteiger partial charge in [-0.2, -0.15) is 0 Å². The second-order valence-electron chi connectivity index (χ2n) is 5.58. The molecule has 1 saturated heterocycles. The molecule has 1 aliphatic rings. The van der Waals surface area contributed by atoms with Gasteiger partial charge in [0.2, 0.25) is 0 Å². The highest BCUT2D eigenvalue weighted by Gasteiger charge is 2.24. The molecule has 1 fully saturated rings. The van der Waals surface area contributed by atoms with Crippen molar-refractivity contribution in [3.8, 4) is 0 Å². The molecule has 1 heterocycles. The van der Waals surface area contributed by atoms with Crippen LogP contribution in [-0.2, 0) is 11.2 Å². The third-order valence-corrected chi connectivity index (χ3v) is 4.08. The van der Waals surface area contributed by atoms with Crippen LogP contribution in [0.2, 0.25) is 0 Å². The molecule has 0 N–H and O–H groups in total. The minimum atomic E-state index is -0.286. The van der Waals surface area contributed by atoms with E-state index in [1.807, 2.05) is 0 Å². The third kappa shape index (κ3) is 3.87. The van der Waals surface area contributed by atoms with Gasteiger partial charge in [-0.3, -0.25) is 9.69 Å². The summed E-state index contributed by atoms with van der Waals surface area (Å²) in [5, 5.41) is 0. The van der Waals surface area contributed by atoms with Crippen LogP contribution in [0.4, 0.5) is 4.39 Å². The molecule has 0 aromatic heterocycles. The lowest BCUT2D eigenvalue weighted by Gasteiger charge is -2.38. The lowest BCUT2D eigenvalue weighted by molar-refractivity contribution is -0.120. The van der Waals surface area contributed by atoms with E-state index >= 15 is 0 Å². The van der Waals surface area contributed by atoms with Crippen LogP contribution in [0.3, 0.4) is 0 Å². The summed E-state index contributed by atoms with van der Waals surface area (Å²) < 4.78 is 13.5. The van der Waals surface area contributed by atoms with Crippen LogP contribution in [0.1, 0.15) is 18.9 Å². The molecule has 20 heavy (non-hydrogen) atoms. The van der Waals surface area contributed by atoms with E-state index in [0.717, 1.165) is 26.1 Å². The largest absolute Gasteiger partial charge is 0.301 e. The number of hydrogen-bond acceptors (Lipinski definition) is 3. The molecule has 1 aromatic rings. The minimum absolute atomic E-state index is 0.0921. The van der Waals surface area contributed by atoms with Gasteiger partial charge < -0.3 is 4.90 Å². The van der Waals surface area contributed by atoms with Crippen LogP contribution in [0, 0.1) is 5.82 Å². The molecule has 0 saturated carbocycles. The SMILES string of the molecule is CCC1CN(CC(=O)Cc2ccccc2F)CCN1C. The van der Waals surface area contributed by atoms with Gasteiger partial charge in [0.25, 0.3) is 0 Å². The first kappa shape index (κ1) is 15.1. The van der Waals surface area contributed by atoms with Crippen molar-refractivity contribution in [2.24, 2.45) is 0 Å². The molecule has 0 bridgehead atoms. The summed E-state index contributed by atoms with van der Waals surface area (Å²) in [5.41, 5.74) is 0.499. The molecule has 0 amide bonds. The van der Waals surface area contributed by atoms with Gasteiger partial charge in [-0.1, -0.05) is 25.1 Å². The topological polar surface area (TPSA) is 23.6 Å². The molecule has 1 atom stereocenters. The maximum absolute atomic E-state index is 13.5. The Kier molecular flexibility index (Phi) is 5.26. The lowest BCUT2D eigenvalue weighted by Crippen LogP contribution is -2.52. The Hall–Kier alpha value is -1.26. The van der Waals surface area contributed by atoms with E-state index < -0.39 is 0 Å². The normalized spacial score (nSPS) is 21.1. The van der Waals surface area contributed by atoms with E-state index in [4.69, 9.17) is 0 Å². The zero-order chi connectivity index (χ0) is 14.5. The number of ketones is 1. The van der Waals surface area contributed by atoms with Gasteiger partial charge >= 0.3 is 0 Å². The van der Waals surface area contributed by atoms with Crippen molar-refractivity contribution in [1.29, 1.82) is 0 Å². The predicted molar refractivity (Wildman–Crippen MR) is 78.3 cm³/mol. The number of Topliss-reactive ketones (excluding diaryl/α,β-unsaturated/α-hetero) is 1. The fourth-order valence-corrected chi connectivity index (χ4v) is 2.75. The van der Waals surface area contributed by atoms with Crippen LogP contribution in [0.25, 0.3) is 0 Å². The van der Waals surface area contributed by atoms with Gasteiger partial charge in [-0.25, -0.2) is 4.39 Å². The Bertz CT molecular complexity index is 464. The monoisotopic (exact) mass is 278 g/mol. The number of piperazine rings is 1. The van der Waals surface area contributed by atoms with E-state index in [1.165, 1.54) is 6.07 Å². The van der Waals surface area contributed by atoms with Crippen molar-refractivity contribution in [2.45, 2.75) is 25.8 Å². The second-order valence-corrected chi connectivity index (χ2v) is 5.58. The molecule has 4 heteroatoms. The maximum atomic E-state index is 13.5. The summed E-state index contributed by atoms with van der Waals surface area (Å²) in [5.74, 6) is -0.194. The Balaban J connectivity index is 1.87. The number of carbonyl (C=O) groups is 1. The van der Waals surface area contributed by atoms with Gasteiger partial charge in [0.1, 0.15) is 5.82 Å². The van der Waals surface area contributed by atoms with Crippen LogP contribution in [0.5, 0.6) is 0 Å². The molecule has 1 aromatic carbocycles. The van der Waals surface area contributed by atoms with Gasteiger partial charge in [-0.15, -0.1) is 0 Å². The van der Waals surface area contributed by atoms with Crippen molar-refractivity contribution in [2.75, 3.05) is 33.2 Å². The summed E-state index contributed by atoms with van der Waals surface area (Å²) in [6.45, 7) is 5.43. The molecule has 1 aliphatic heterocycles. The molecular formula is C16H23FN2O. The lowest BCUT2D eigenvalue weighted by atomic mass is 10.1. The molecule has 0 aliphatic carbocycles. The minimum Gasteiger partial charge on any atom is -0.301 e. The number of hydrogen-bond donors (Lipinski definition) is 0. The van der Waals surface area contributed by atoms with Gasteiger partial charge in [0.05, 0.1) is 6.54 Å². The molecule has 110 valence electrons. The first-order chi connectivity index (χ1) is 9.60. The van der Waals surface area contributed by atoms with Crippen LogP contribution >= 0.6 is 0 Å². The van der Waals surface area contributed by atoms with Gasteiger partial charge in [0, 0.05) is 32.1 Å². The second kappa shape index (κ2) is 6.95. The molecule has 0 radical (unpaired) electrons. The Morgan fingerprint density at radius 2 is 2.10 bits per heavy atom. The predicted octanol–water partition coefficient (Wildman–Crippen LogP) is 1.96. The summed E-state index contributed by atoms with van der Waals surface area (Å²) in [7, 11) is 2.13. The average molecular weight is 278 g/mol. The van der Waals surface area contributed by atoms with E-state index in [2.05, 4.69) is 23.8 Å². The number of carbonyl (C=O) groups excluding carboxylic acids is 1. The van der Waals surface area contributed by atoms with Crippen molar-refractivity contribution in [3.63, 3.8) is 0 Å². The smallest absolute Gasteiger partial charge is 0.151 e. The van der Waals surface area contributed by atoms with E-state index in [0.29, 0.717) is 18.2 Å². The summed E-state index contributed by atoms with van der Waals surface area (Å²) >= 11 is 0. The molecular weight excluding hydrogens is 255 g/mol. The standard InChI is InChI=1S/C16H23FN2O/c1-3-14-11-19(9-8-18(14)2)12-15(20)10-13-6-4-5-7-16(13)17/h4-7,14H,3,8-12H2,1-2H3. The summed E-state index contributed by atoms with van der Waals surface area (Å²) in [4.78, 5) is 16.6. The average Bonchev–Trinajstić information content (AvgIpc) is 2.43. The van der Waals surface area contributed by atoms with E-state index in [9.17, 15) is 9.18 Å². The quantitative estimate of drug-likeness (QED) is 0.822. The summed E-state index contributed by atoms with van der Waals surface area (Å²) in [6.07, 6.45) is 1.28. The molecule has 2 rings (SSSR count). The van der Waals surface area contributed by atoms with E-state index in [1.54, 1.807) is 18.2 Å². The number of benzene rings is 1. The molecule has 3 nitrogen and oxygen atoms in total. The Labute approximate surface area is 120 Å². The van der Waals surface area contributed by atoms with Gasteiger partial charge in [-0.05, 0) is 25.1 Å². The van der Waals surface area contributed by atoms with Crippen molar-refractivity contribution < 1.29 is 9.18 Å². The Morgan fingerprint density at radius 1 is 1.35 bits per heavy atom. The van der Waals surface area contributed by atoms with Crippen LogP contribution in [-0.4, -0.2) is 54.9 Å². The fraction of sp³-hybridized carbons (Fsp3) is 0.562. The van der Waals surface area contributed by atoms with Crippen molar-refractivity contribution >= 4 is 5.78 Å². The number of nitrogens with zero attached hydrogens (tertiary/aromatic N) is 2. The van der Waals surface area contributed by atoms with Crippen molar-refractivity contribution in [1.82, 2.24) is 9.80 Å². The molecule has 0 spiro atoms. The van der Waals surface area contributed by atoms with Gasteiger partial charge in [0.15, 0.2) is 5.78 Å². The highest BCUT2D eigenvalue weighted by atomic mass is 19.1. The number of likely N-dealkylation sites (N-methyl/N-ethyl adjacent to an activating group) is 1. The summed E-state index contributed by atoms with van der Waals surface area (Å²) in [6, 6.07) is 7.03.